The maximum Gasteiger partial charge on any atom is 0.317 e. The number of rotatable bonds is 10. The molecule has 0 bridgehead atoms. The number of aliphatic carboxylic acids is 1. The Bertz CT molecular complexity index is 635. The zero-order chi connectivity index (χ0) is 19.8. The van der Waals surface area contributed by atoms with E-state index < -0.39 is 5.97 Å². The molecule has 0 atom stereocenters. The second-order valence-electron chi connectivity index (χ2n) is 7.09. The van der Waals surface area contributed by atoms with E-state index in [1.54, 1.807) is 23.1 Å². The summed E-state index contributed by atoms with van der Waals surface area (Å²) in [5.74, 6) is -1.14. The molecule has 150 valence electrons. The van der Waals surface area contributed by atoms with Crippen molar-refractivity contribution in [2.24, 2.45) is 0 Å². The van der Waals surface area contributed by atoms with E-state index in [-0.39, 0.29) is 37.0 Å². The highest BCUT2D eigenvalue weighted by molar-refractivity contribution is 5.74. The van der Waals surface area contributed by atoms with Crippen LogP contribution in [-0.4, -0.2) is 58.6 Å². The van der Waals surface area contributed by atoms with Crippen molar-refractivity contribution in [2.45, 2.75) is 58.2 Å². The van der Waals surface area contributed by atoms with E-state index in [2.05, 4.69) is 12.2 Å². The fraction of sp³-hybridized carbons (Fsp3) is 0.600. The molecular weight excluding hydrogens is 349 g/mol. The zero-order valence-corrected chi connectivity index (χ0v) is 16.2. The maximum absolute atomic E-state index is 13.9. The number of unbranched alkanes of at least 4 members (excludes halogenated alkanes) is 1. The van der Waals surface area contributed by atoms with E-state index in [9.17, 15) is 14.0 Å². The second-order valence-corrected chi connectivity index (χ2v) is 7.09. The minimum atomic E-state index is -0.833. The van der Waals surface area contributed by atoms with E-state index in [0.29, 0.717) is 18.7 Å². The number of likely N-dealkylation sites (N-methyl/N-ethyl adjacent to an activating group) is 1. The highest BCUT2D eigenvalue weighted by Gasteiger charge is 2.35. The van der Waals surface area contributed by atoms with Gasteiger partial charge in [0.15, 0.2) is 0 Å². The molecule has 27 heavy (non-hydrogen) atoms. The summed E-state index contributed by atoms with van der Waals surface area (Å²) in [6.45, 7) is 5.51. The van der Waals surface area contributed by atoms with Gasteiger partial charge in [0, 0.05) is 24.2 Å². The number of urea groups is 1. The van der Waals surface area contributed by atoms with Crippen LogP contribution in [0.2, 0.25) is 0 Å². The first-order valence-electron chi connectivity index (χ1n) is 9.69. The third-order valence-electron chi connectivity index (χ3n) is 5.09. The van der Waals surface area contributed by atoms with Gasteiger partial charge in [-0.2, -0.15) is 0 Å². The van der Waals surface area contributed by atoms with Crippen LogP contribution < -0.4 is 5.32 Å². The van der Waals surface area contributed by atoms with Crippen molar-refractivity contribution in [1.82, 2.24) is 15.1 Å². The minimum Gasteiger partial charge on any atom is -0.480 e. The van der Waals surface area contributed by atoms with Gasteiger partial charge >= 0.3 is 12.0 Å². The predicted molar refractivity (Wildman–Crippen MR) is 102 cm³/mol. The van der Waals surface area contributed by atoms with Crippen molar-refractivity contribution >= 4 is 12.0 Å². The molecule has 6 nitrogen and oxygen atoms in total. The molecule has 1 saturated carbocycles. The van der Waals surface area contributed by atoms with Gasteiger partial charge in [0.05, 0.1) is 13.1 Å². The lowest BCUT2D eigenvalue weighted by molar-refractivity contribution is -0.139. The number of halogens is 1. The molecular formula is C20H30FN3O3. The number of amides is 2. The molecule has 0 aromatic heterocycles. The third-order valence-corrected chi connectivity index (χ3v) is 5.09. The molecule has 0 aliphatic heterocycles. The van der Waals surface area contributed by atoms with Gasteiger partial charge < -0.3 is 15.3 Å². The number of nitrogens with zero attached hydrogens (tertiary/aromatic N) is 2. The number of nitrogens with one attached hydrogen (secondary N) is 1. The lowest BCUT2D eigenvalue weighted by Gasteiger charge is -2.42. The Morgan fingerprint density at radius 2 is 1.96 bits per heavy atom. The molecule has 1 aromatic carbocycles. The van der Waals surface area contributed by atoms with E-state index in [0.717, 1.165) is 25.7 Å². The fourth-order valence-corrected chi connectivity index (χ4v) is 3.38. The summed E-state index contributed by atoms with van der Waals surface area (Å²) in [5, 5.41) is 12.0. The Labute approximate surface area is 160 Å². The molecule has 1 aliphatic rings. The van der Waals surface area contributed by atoms with Gasteiger partial charge in [-0.25, -0.2) is 9.18 Å². The Balaban J connectivity index is 1.89. The minimum absolute atomic E-state index is 0.0255. The van der Waals surface area contributed by atoms with E-state index >= 15 is 0 Å². The maximum atomic E-state index is 13.9. The Morgan fingerprint density at radius 1 is 1.26 bits per heavy atom. The van der Waals surface area contributed by atoms with Crippen molar-refractivity contribution in [3.05, 3.63) is 35.6 Å². The average molecular weight is 379 g/mol. The Hall–Kier alpha value is -2.15. The zero-order valence-electron chi connectivity index (χ0n) is 16.2. The van der Waals surface area contributed by atoms with Gasteiger partial charge in [0.2, 0.25) is 0 Å². The highest BCUT2D eigenvalue weighted by Crippen LogP contribution is 2.26. The van der Waals surface area contributed by atoms with Crippen LogP contribution in [0.1, 0.15) is 45.1 Å². The molecule has 1 fully saturated rings. The lowest BCUT2D eigenvalue weighted by Crippen LogP contribution is -2.56. The average Bonchev–Trinajstić information content (AvgIpc) is 2.60. The first-order valence-corrected chi connectivity index (χ1v) is 9.69. The van der Waals surface area contributed by atoms with Crippen molar-refractivity contribution < 1.29 is 19.1 Å². The number of hydrogen-bond donors (Lipinski definition) is 2. The summed E-state index contributed by atoms with van der Waals surface area (Å²) in [5.41, 5.74) is 0.508. The van der Waals surface area contributed by atoms with Crippen LogP contribution in [0.3, 0.4) is 0 Å². The largest absolute Gasteiger partial charge is 0.480 e. The molecule has 0 spiro atoms. The first-order chi connectivity index (χ1) is 12.9. The molecule has 7 heteroatoms. The first kappa shape index (κ1) is 21.2. The van der Waals surface area contributed by atoms with Gasteiger partial charge in [-0.3, -0.25) is 9.69 Å². The number of carbonyl (C=O) groups is 2. The van der Waals surface area contributed by atoms with Crippen LogP contribution in [0.15, 0.2) is 24.3 Å². The van der Waals surface area contributed by atoms with Crippen LogP contribution >= 0.6 is 0 Å². The predicted octanol–water partition coefficient (Wildman–Crippen LogP) is 3.07. The third kappa shape index (κ3) is 6.20. The summed E-state index contributed by atoms with van der Waals surface area (Å²) < 4.78 is 13.9. The normalized spacial score (nSPS) is 18.8. The van der Waals surface area contributed by atoms with Crippen molar-refractivity contribution in [1.29, 1.82) is 0 Å². The number of benzene rings is 1. The van der Waals surface area contributed by atoms with E-state index in [1.165, 1.54) is 6.07 Å². The van der Waals surface area contributed by atoms with Crippen molar-refractivity contribution in [2.75, 3.05) is 19.6 Å². The summed E-state index contributed by atoms with van der Waals surface area (Å²) in [4.78, 5) is 27.2. The van der Waals surface area contributed by atoms with Crippen molar-refractivity contribution in [3.8, 4) is 0 Å². The topological polar surface area (TPSA) is 72.9 Å². The molecule has 1 aromatic rings. The highest BCUT2D eigenvalue weighted by atomic mass is 19.1. The van der Waals surface area contributed by atoms with E-state index in [4.69, 9.17) is 5.11 Å². The van der Waals surface area contributed by atoms with Crippen LogP contribution in [0.25, 0.3) is 0 Å². The molecule has 0 saturated heterocycles. The SMILES string of the molecule is CCCCN(Cc1ccccc1F)C(=O)NC1CC(N(CC)CC(=O)O)C1. The summed E-state index contributed by atoms with van der Waals surface area (Å²) in [6, 6.07) is 6.56. The molecule has 0 unspecified atom stereocenters. The van der Waals surface area contributed by atoms with Crippen LogP contribution in [0.5, 0.6) is 0 Å². The molecule has 0 radical (unpaired) electrons. The number of carboxylic acids is 1. The molecule has 1 aliphatic carbocycles. The fourth-order valence-electron chi connectivity index (χ4n) is 3.38. The van der Waals surface area contributed by atoms with Gasteiger partial charge in [0.25, 0.3) is 0 Å². The van der Waals surface area contributed by atoms with E-state index in [1.807, 2.05) is 11.8 Å². The quantitative estimate of drug-likeness (QED) is 0.655. The smallest absolute Gasteiger partial charge is 0.317 e. The van der Waals surface area contributed by atoms with Gasteiger partial charge in [-0.15, -0.1) is 0 Å². The summed E-state index contributed by atoms with van der Waals surface area (Å²) in [6.07, 6.45) is 3.30. The summed E-state index contributed by atoms with van der Waals surface area (Å²) >= 11 is 0. The van der Waals surface area contributed by atoms with Crippen LogP contribution in [-0.2, 0) is 11.3 Å². The Morgan fingerprint density at radius 3 is 2.56 bits per heavy atom. The lowest BCUT2D eigenvalue weighted by atomic mass is 9.85. The molecule has 0 heterocycles. The monoisotopic (exact) mass is 379 g/mol. The molecule has 2 rings (SSSR count). The second kappa shape index (κ2) is 10.3. The van der Waals surface area contributed by atoms with Crippen molar-refractivity contribution in [3.63, 3.8) is 0 Å². The Kier molecular flexibility index (Phi) is 8.03. The van der Waals surface area contributed by atoms with Gasteiger partial charge in [-0.05, 0) is 31.9 Å². The van der Waals surface area contributed by atoms with Crippen LogP contribution in [0, 0.1) is 5.82 Å². The number of carbonyl (C=O) groups excluding carboxylic acids is 1. The van der Waals surface area contributed by atoms with Gasteiger partial charge in [-0.1, -0.05) is 38.5 Å². The number of carboxylic acid groups (broad SMARTS) is 1. The molecule has 2 N–H and O–H groups in total. The van der Waals surface area contributed by atoms with Crippen LogP contribution in [0.4, 0.5) is 9.18 Å². The van der Waals surface area contributed by atoms with Gasteiger partial charge in [0.1, 0.15) is 5.82 Å². The number of hydrogen-bond acceptors (Lipinski definition) is 3. The summed E-state index contributed by atoms with van der Waals surface area (Å²) in [7, 11) is 0. The molecule has 2 amide bonds. The standard InChI is InChI=1S/C20H30FN3O3/c1-3-5-10-24(13-15-8-6-7-9-18(15)21)20(27)22-16-11-17(12-16)23(4-2)14-19(25)26/h6-9,16-17H,3-5,10-14H2,1-2H3,(H,22,27)(H,25,26).